The molecule has 0 aromatic heterocycles. The van der Waals surface area contributed by atoms with E-state index in [1.165, 1.54) is 6.42 Å². The number of benzene rings is 2. The number of nitrogens with zero attached hydrogens (tertiary/aromatic N) is 1. The molecule has 2 aromatic rings. The van der Waals surface area contributed by atoms with E-state index >= 15 is 0 Å². The molecule has 1 heterocycles. The summed E-state index contributed by atoms with van der Waals surface area (Å²) in [6, 6.07) is 17.0. The number of hydrogen-bond acceptors (Lipinski definition) is 9. The number of esters is 4. The Morgan fingerprint density at radius 2 is 1.08 bits per heavy atom. The van der Waals surface area contributed by atoms with Gasteiger partial charge < -0.3 is 23.8 Å². The first-order valence-electron chi connectivity index (χ1n) is 12.9. The van der Waals surface area contributed by atoms with Gasteiger partial charge in [-0.2, -0.15) is 0 Å². The first-order chi connectivity index (χ1) is 19.0. The van der Waals surface area contributed by atoms with Crippen molar-refractivity contribution in [2.75, 3.05) is 32.8 Å². The van der Waals surface area contributed by atoms with E-state index in [0.29, 0.717) is 17.9 Å². The van der Waals surface area contributed by atoms with E-state index in [2.05, 4.69) is 4.90 Å². The maximum absolute atomic E-state index is 12.2. The van der Waals surface area contributed by atoms with E-state index in [9.17, 15) is 19.2 Å². The van der Waals surface area contributed by atoms with Crippen LogP contribution >= 0.6 is 0 Å². The van der Waals surface area contributed by atoms with Gasteiger partial charge in [-0.15, -0.1) is 0 Å². The van der Waals surface area contributed by atoms with Crippen LogP contribution in [-0.2, 0) is 28.7 Å². The van der Waals surface area contributed by atoms with E-state index in [1.807, 2.05) is 0 Å². The van der Waals surface area contributed by atoms with Crippen LogP contribution in [0.1, 0.15) is 25.7 Å². The Hall–Kier alpha value is -4.24. The maximum Gasteiger partial charge on any atom is 0.336 e. The van der Waals surface area contributed by atoms with Gasteiger partial charge in [-0.3, -0.25) is 0 Å². The molecule has 0 spiro atoms. The number of likely N-dealkylation sites (tertiary alicyclic amines) is 1. The molecule has 0 radical (unpaired) electrons. The first kappa shape index (κ1) is 29.3. The first-order valence-corrected chi connectivity index (χ1v) is 12.9. The van der Waals surface area contributed by atoms with Crippen LogP contribution in [0, 0.1) is 5.92 Å². The van der Waals surface area contributed by atoms with Gasteiger partial charge in [0, 0.05) is 30.2 Å². The average Bonchev–Trinajstić information content (AvgIpc) is 2.96. The number of hydrogen-bond donors (Lipinski definition) is 0. The number of piperidine rings is 1. The van der Waals surface area contributed by atoms with E-state index < -0.39 is 23.9 Å². The van der Waals surface area contributed by atoms with Crippen LogP contribution in [0.2, 0.25) is 0 Å². The molecule has 1 fully saturated rings. The Bertz CT molecular complexity index is 1040. The average molecular weight is 536 g/mol. The van der Waals surface area contributed by atoms with Crippen LogP contribution in [0.3, 0.4) is 0 Å². The molecule has 9 heteroatoms. The fourth-order valence-electron chi connectivity index (χ4n) is 3.81. The predicted octanol–water partition coefficient (Wildman–Crippen LogP) is 3.89. The summed E-state index contributed by atoms with van der Waals surface area (Å²) in [7, 11) is 0. The topological polar surface area (TPSA) is 108 Å². The second-order valence-electron chi connectivity index (χ2n) is 8.95. The SMILES string of the molecule is O=C(/C=C/C(=O)Oc1ccccc1)OCC(CCN1CCCCC1)COC(=O)/C=C/C(=O)Oc1ccccc1. The van der Waals surface area contributed by atoms with Crippen molar-refractivity contribution in [3.63, 3.8) is 0 Å². The van der Waals surface area contributed by atoms with Crippen LogP contribution in [0.5, 0.6) is 11.5 Å². The highest BCUT2D eigenvalue weighted by Gasteiger charge is 2.17. The highest BCUT2D eigenvalue weighted by molar-refractivity contribution is 5.93. The summed E-state index contributed by atoms with van der Waals surface area (Å²) in [5.74, 6) is -2.37. The molecule has 0 atom stereocenters. The molecule has 3 rings (SSSR count). The molecule has 9 nitrogen and oxygen atoms in total. The molecular formula is C30H33NO8. The summed E-state index contributed by atoms with van der Waals surface area (Å²) in [5.41, 5.74) is 0. The summed E-state index contributed by atoms with van der Waals surface area (Å²) in [4.78, 5) is 50.5. The van der Waals surface area contributed by atoms with E-state index in [4.69, 9.17) is 18.9 Å². The number of ether oxygens (including phenoxy) is 4. The number of carbonyl (C=O) groups is 4. The molecule has 1 aliphatic rings. The van der Waals surface area contributed by atoms with Gasteiger partial charge in [-0.25, -0.2) is 19.2 Å². The molecule has 2 aromatic carbocycles. The van der Waals surface area contributed by atoms with Gasteiger partial charge in [0.15, 0.2) is 0 Å². The van der Waals surface area contributed by atoms with Crippen LogP contribution in [0.4, 0.5) is 0 Å². The van der Waals surface area contributed by atoms with Crippen molar-refractivity contribution >= 4 is 23.9 Å². The van der Waals surface area contributed by atoms with Crippen molar-refractivity contribution in [2.45, 2.75) is 25.7 Å². The van der Waals surface area contributed by atoms with Gasteiger partial charge in [0.05, 0.1) is 13.2 Å². The zero-order chi connectivity index (χ0) is 27.7. The second-order valence-corrected chi connectivity index (χ2v) is 8.95. The van der Waals surface area contributed by atoms with Crippen molar-refractivity contribution in [3.8, 4) is 11.5 Å². The van der Waals surface area contributed by atoms with Gasteiger partial charge >= 0.3 is 23.9 Å². The van der Waals surface area contributed by atoms with Crippen molar-refractivity contribution in [2.24, 2.45) is 5.92 Å². The molecule has 0 bridgehead atoms. The van der Waals surface area contributed by atoms with E-state index in [0.717, 1.165) is 56.8 Å². The molecule has 1 saturated heterocycles. The summed E-state index contributed by atoms with van der Waals surface area (Å²) in [6.45, 7) is 2.78. The molecule has 0 aliphatic carbocycles. The van der Waals surface area contributed by atoms with Crippen molar-refractivity contribution in [3.05, 3.63) is 85.0 Å². The zero-order valence-corrected chi connectivity index (χ0v) is 21.7. The minimum absolute atomic E-state index is 0.00219. The molecule has 206 valence electrons. The molecule has 0 amide bonds. The lowest BCUT2D eigenvalue weighted by atomic mass is 10.1. The number of rotatable bonds is 13. The maximum atomic E-state index is 12.2. The highest BCUT2D eigenvalue weighted by Crippen LogP contribution is 2.14. The van der Waals surface area contributed by atoms with Gasteiger partial charge in [-0.05, 0) is 63.2 Å². The van der Waals surface area contributed by atoms with Crippen LogP contribution in [0.25, 0.3) is 0 Å². The van der Waals surface area contributed by atoms with Crippen LogP contribution in [0.15, 0.2) is 85.0 Å². The number of carbonyl (C=O) groups excluding carboxylic acids is 4. The Balaban J connectivity index is 1.46. The third-order valence-corrected chi connectivity index (χ3v) is 5.86. The summed E-state index contributed by atoms with van der Waals surface area (Å²) < 4.78 is 20.8. The Morgan fingerprint density at radius 1 is 0.641 bits per heavy atom. The van der Waals surface area contributed by atoms with E-state index in [-0.39, 0.29) is 19.1 Å². The normalized spacial score (nSPS) is 13.9. The van der Waals surface area contributed by atoms with Crippen molar-refractivity contribution in [1.82, 2.24) is 4.90 Å². The van der Waals surface area contributed by atoms with Gasteiger partial charge in [0.2, 0.25) is 0 Å². The lowest BCUT2D eigenvalue weighted by Crippen LogP contribution is -2.33. The number of para-hydroxylation sites is 2. The monoisotopic (exact) mass is 535 g/mol. The molecule has 0 N–H and O–H groups in total. The Morgan fingerprint density at radius 3 is 1.54 bits per heavy atom. The van der Waals surface area contributed by atoms with Crippen LogP contribution < -0.4 is 9.47 Å². The molecule has 39 heavy (non-hydrogen) atoms. The Labute approximate surface area is 228 Å². The van der Waals surface area contributed by atoms with Crippen molar-refractivity contribution in [1.29, 1.82) is 0 Å². The van der Waals surface area contributed by atoms with Gasteiger partial charge in [0.1, 0.15) is 11.5 Å². The third-order valence-electron chi connectivity index (χ3n) is 5.86. The summed E-state index contributed by atoms with van der Waals surface area (Å²) in [5, 5.41) is 0. The van der Waals surface area contributed by atoms with Gasteiger partial charge in [0.25, 0.3) is 0 Å². The smallest absolute Gasteiger partial charge is 0.336 e. The minimum Gasteiger partial charge on any atom is -0.462 e. The summed E-state index contributed by atoms with van der Waals surface area (Å²) in [6.07, 6.45) is 8.13. The predicted molar refractivity (Wildman–Crippen MR) is 143 cm³/mol. The summed E-state index contributed by atoms with van der Waals surface area (Å²) >= 11 is 0. The second kappa shape index (κ2) is 16.6. The lowest BCUT2D eigenvalue weighted by Gasteiger charge is -2.28. The van der Waals surface area contributed by atoms with Crippen LogP contribution in [-0.4, -0.2) is 61.6 Å². The Kier molecular flexibility index (Phi) is 12.5. The van der Waals surface area contributed by atoms with Gasteiger partial charge in [-0.1, -0.05) is 42.8 Å². The molecular weight excluding hydrogens is 502 g/mol. The standard InChI is InChI=1S/C30H33NO8/c32-27(14-16-29(34)38-25-10-4-1-5-11-25)36-22-24(18-21-31-19-8-3-9-20-31)23-37-28(33)15-17-30(35)39-26-12-6-2-7-13-26/h1-2,4-7,10-17,24H,3,8-9,18-23H2/b16-14+,17-15+. The minimum atomic E-state index is -0.710. The fourth-order valence-corrected chi connectivity index (χ4v) is 3.81. The fraction of sp³-hybridized carbons (Fsp3) is 0.333. The third kappa shape index (κ3) is 12.2. The molecule has 1 aliphatic heterocycles. The molecule has 0 unspecified atom stereocenters. The zero-order valence-electron chi connectivity index (χ0n) is 21.7. The van der Waals surface area contributed by atoms with E-state index in [1.54, 1.807) is 60.7 Å². The molecule has 0 saturated carbocycles. The highest BCUT2D eigenvalue weighted by atomic mass is 16.6. The van der Waals surface area contributed by atoms with Crippen molar-refractivity contribution < 1.29 is 38.1 Å². The largest absolute Gasteiger partial charge is 0.462 e. The lowest BCUT2D eigenvalue weighted by molar-refractivity contribution is -0.144. The quantitative estimate of drug-likeness (QED) is 0.214.